The minimum Gasteiger partial charge on any atom is -0.474 e. The van der Waals surface area contributed by atoms with Crippen LogP contribution >= 0.6 is 0 Å². The first-order valence-corrected chi connectivity index (χ1v) is 5.90. The highest BCUT2D eigenvalue weighted by atomic mass is 16.5. The van der Waals surface area contributed by atoms with Crippen LogP contribution in [-0.2, 0) is 4.74 Å². The van der Waals surface area contributed by atoms with Crippen LogP contribution in [0.4, 0.5) is 11.8 Å². The van der Waals surface area contributed by atoms with E-state index in [0.29, 0.717) is 11.7 Å². The first-order valence-electron chi connectivity index (χ1n) is 5.90. The van der Waals surface area contributed by atoms with E-state index >= 15 is 0 Å². The monoisotopic (exact) mass is 238 g/mol. The van der Waals surface area contributed by atoms with Gasteiger partial charge >= 0.3 is 0 Å². The van der Waals surface area contributed by atoms with Gasteiger partial charge in [0, 0.05) is 25.5 Å². The maximum atomic E-state index is 5.77. The zero-order valence-corrected chi connectivity index (χ0v) is 9.98. The first-order chi connectivity index (χ1) is 8.28. The molecule has 6 heteroatoms. The number of hydrogen-bond acceptors (Lipinski definition) is 6. The molecule has 3 N–H and O–H groups in total. The summed E-state index contributed by atoms with van der Waals surface area (Å²) in [5, 5.41) is 3.09. The van der Waals surface area contributed by atoms with Gasteiger partial charge in [0.15, 0.2) is 0 Å². The number of hydrogen-bond donors (Lipinski definition) is 2. The quantitative estimate of drug-likeness (QED) is 0.815. The molecule has 1 fully saturated rings. The number of aromatic nitrogens is 2. The van der Waals surface area contributed by atoms with Crippen LogP contribution in [0.25, 0.3) is 0 Å². The number of anilines is 2. The predicted octanol–water partition coefficient (Wildman–Crippen LogP) is 1.05. The van der Waals surface area contributed by atoms with Crippen LogP contribution in [0.5, 0.6) is 5.88 Å². The fourth-order valence-corrected chi connectivity index (χ4v) is 1.74. The summed E-state index contributed by atoms with van der Waals surface area (Å²) < 4.78 is 11.0. The largest absolute Gasteiger partial charge is 0.474 e. The molecule has 0 bridgehead atoms. The minimum atomic E-state index is 0.160. The summed E-state index contributed by atoms with van der Waals surface area (Å²) in [6.45, 7) is 4.26. The molecule has 0 atom stereocenters. The Labute approximate surface area is 101 Å². The highest BCUT2D eigenvalue weighted by Gasteiger charge is 2.16. The SMILES string of the molecule is CCNc1cc(OC2CCOCC2)nc(N)n1. The number of nitrogens with two attached hydrogens (primary N) is 1. The van der Waals surface area contributed by atoms with E-state index in [0.717, 1.165) is 32.6 Å². The van der Waals surface area contributed by atoms with Gasteiger partial charge in [-0.25, -0.2) is 0 Å². The lowest BCUT2D eigenvalue weighted by Gasteiger charge is -2.22. The Kier molecular flexibility index (Phi) is 3.98. The van der Waals surface area contributed by atoms with Crippen molar-refractivity contribution in [1.29, 1.82) is 0 Å². The zero-order valence-electron chi connectivity index (χ0n) is 9.98. The molecular weight excluding hydrogens is 220 g/mol. The lowest BCUT2D eigenvalue weighted by Crippen LogP contribution is -2.26. The van der Waals surface area contributed by atoms with E-state index in [-0.39, 0.29) is 12.1 Å². The van der Waals surface area contributed by atoms with Crippen LogP contribution in [0, 0.1) is 0 Å². The second-order valence-corrected chi connectivity index (χ2v) is 3.91. The van der Waals surface area contributed by atoms with Gasteiger partial charge in [0.05, 0.1) is 13.2 Å². The predicted molar refractivity (Wildman–Crippen MR) is 65.1 cm³/mol. The van der Waals surface area contributed by atoms with Crippen LogP contribution in [0.1, 0.15) is 19.8 Å². The Morgan fingerprint density at radius 3 is 2.94 bits per heavy atom. The first kappa shape index (κ1) is 11.9. The third-order valence-electron chi connectivity index (χ3n) is 2.53. The van der Waals surface area contributed by atoms with Gasteiger partial charge in [-0.2, -0.15) is 9.97 Å². The molecule has 1 aliphatic rings. The molecule has 0 aliphatic carbocycles. The van der Waals surface area contributed by atoms with Crippen molar-refractivity contribution >= 4 is 11.8 Å². The van der Waals surface area contributed by atoms with Crippen molar-refractivity contribution in [2.75, 3.05) is 30.8 Å². The number of ether oxygens (including phenoxy) is 2. The van der Waals surface area contributed by atoms with E-state index in [1.807, 2.05) is 6.92 Å². The Bertz CT molecular complexity index is 366. The number of nitrogens with one attached hydrogen (secondary N) is 1. The smallest absolute Gasteiger partial charge is 0.225 e. The highest BCUT2D eigenvalue weighted by molar-refractivity contribution is 5.42. The number of nitrogen functional groups attached to an aromatic ring is 1. The fraction of sp³-hybridized carbons (Fsp3) is 0.636. The molecule has 94 valence electrons. The molecule has 0 saturated carbocycles. The van der Waals surface area contributed by atoms with Gasteiger partial charge in [-0.15, -0.1) is 0 Å². The topological polar surface area (TPSA) is 82.3 Å². The standard InChI is InChI=1S/C11H18N4O2/c1-2-13-9-7-10(15-11(12)14-9)17-8-3-5-16-6-4-8/h7-8H,2-6H2,1H3,(H3,12,13,14,15). The normalized spacial score (nSPS) is 16.8. The average Bonchev–Trinajstić information content (AvgIpc) is 2.30. The van der Waals surface area contributed by atoms with Crippen LogP contribution in [0.2, 0.25) is 0 Å². The van der Waals surface area contributed by atoms with Crippen molar-refractivity contribution in [3.8, 4) is 5.88 Å². The van der Waals surface area contributed by atoms with Gasteiger partial charge in [-0.05, 0) is 6.92 Å². The summed E-state index contributed by atoms with van der Waals surface area (Å²) in [5.74, 6) is 1.45. The van der Waals surface area contributed by atoms with E-state index in [2.05, 4.69) is 15.3 Å². The molecule has 0 spiro atoms. The van der Waals surface area contributed by atoms with Crippen LogP contribution in [0.3, 0.4) is 0 Å². The van der Waals surface area contributed by atoms with Crippen molar-refractivity contribution in [3.63, 3.8) is 0 Å². The summed E-state index contributed by atoms with van der Waals surface area (Å²) in [5.41, 5.74) is 5.63. The van der Waals surface area contributed by atoms with E-state index in [1.165, 1.54) is 0 Å². The second-order valence-electron chi connectivity index (χ2n) is 3.91. The summed E-state index contributed by atoms with van der Waals surface area (Å²) in [6.07, 6.45) is 1.94. The zero-order chi connectivity index (χ0) is 12.1. The van der Waals surface area contributed by atoms with Crippen molar-refractivity contribution < 1.29 is 9.47 Å². The molecule has 17 heavy (non-hydrogen) atoms. The molecule has 0 amide bonds. The molecular formula is C11H18N4O2. The van der Waals surface area contributed by atoms with E-state index in [9.17, 15) is 0 Å². The third-order valence-corrected chi connectivity index (χ3v) is 2.53. The van der Waals surface area contributed by atoms with Gasteiger partial charge in [-0.3, -0.25) is 0 Å². The molecule has 1 aromatic rings. The Morgan fingerprint density at radius 1 is 1.47 bits per heavy atom. The van der Waals surface area contributed by atoms with Gasteiger partial charge in [0.1, 0.15) is 11.9 Å². The summed E-state index contributed by atoms with van der Waals surface area (Å²) >= 11 is 0. The summed E-state index contributed by atoms with van der Waals surface area (Å²) in [4.78, 5) is 8.14. The Balaban J connectivity index is 2.03. The van der Waals surface area contributed by atoms with Crippen molar-refractivity contribution in [2.24, 2.45) is 0 Å². The highest BCUT2D eigenvalue weighted by Crippen LogP contribution is 2.19. The lowest BCUT2D eigenvalue weighted by atomic mass is 10.2. The van der Waals surface area contributed by atoms with Gasteiger partial charge in [-0.1, -0.05) is 0 Å². The third kappa shape index (κ3) is 3.45. The second kappa shape index (κ2) is 5.67. The molecule has 2 rings (SSSR count). The van der Waals surface area contributed by atoms with Crippen LogP contribution in [0.15, 0.2) is 6.07 Å². The minimum absolute atomic E-state index is 0.160. The van der Waals surface area contributed by atoms with Gasteiger partial charge in [0.25, 0.3) is 0 Å². The fourth-order valence-electron chi connectivity index (χ4n) is 1.74. The molecule has 6 nitrogen and oxygen atoms in total. The van der Waals surface area contributed by atoms with Crippen molar-refractivity contribution in [3.05, 3.63) is 6.07 Å². The lowest BCUT2D eigenvalue weighted by molar-refractivity contribution is 0.0238. The average molecular weight is 238 g/mol. The molecule has 0 radical (unpaired) electrons. The number of rotatable bonds is 4. The van der Waals surface area contributed by atoms with E-state index < -0.39 is 0 Å². The molecule has 1 aliphatic heterocycles. The molecule has 1 aromatic heterocycles. The van der Waals surface area contributed by atoms with Gasteiger partial charge < -0.3 is 20.5 Å². The maximum Gasteiger partial charge on any atom is 0.225 e. The van der Waals surface area contributed by atoms with Gasteiger partial charge in [0.2, 0.25) is 11.8 Å². The molecule has 2 heterocycles. The molecule has 0 aromatic carbocycles. The molecule has 0 unspecified atom stereocenters. The van der Waals surface area contributed by atoms with Crippen molar-refractivity contribution in [1.82, 2.24) is 9.97 Å². The van der Waals surface area contributed by atoms with Crippen LogP contribution in [-0.4, -0.2) is 35.8 Å². The van der Waals surface area contributed by atoms with E-state index in [1.54, 1.807) is 6.07 Å². The maximum absolute atomic E-state index is 5.77. The Morgan fingerprint density at radius 2 is 2.24 bits per heavy atom. The summed E-state index contributed by atoms with van der Waals surface area (Å²) in [6, 6.07) is 1.77. The van der Waals surface area contributed by atoms with E-state index in [4.69, 9.17) is 15.2 Å². The summed E-state index contributed by atoms with van der Waals surface area (Å²) in [7, 11) is 0. The number of nitrogens with zero attached hydrogens (tertiary/aromatic N) is 2. The van der Waals surface area contributed by atoms with Crippen molar-refractivity contribution in [2.45, 2.75) is 25.9 Å². The Hall–Kier alpha value is -1.56. The van der Waals surface area contributed by atoms with Crippen LogP contribution < -0.4 is 15.8 Å². The molecule has 1 saturated heterocycles.